The Labute approximate surface area is 103 Å². The molecule has 0 spiro atoms. The molecule has 4 heteroatoms. The quantitative estimate of drug-likeness (QED) is 0.864. The van der Waals surface area contributed by atoms with E-state index in [1.165, 1.54) is 19.3 Å². The summed E-state index contributed by atoms with van der Waals surface area (Å²) in [6.45, 7) is 4.77. The van der Waals surface area contributed by atoms with E-state index < -0.39 is 0 Å². The van der Waals surface area contributed by atoms with Crippen molar-refractivity contribution in [3.8, 4) is 0 Å². The monoisotopic (exact) mass is 234 g/mol. The lowest BCUT2D eigenvalue weighted by molar-refractivity contribution is 0.471. The van der Waals surface area contributed by atoms with E-state index >= 15 is 0 Å². The molecule has 2 N–H and O–H groups in total. The van der Waals surface area contributed by atoms with E-state index in [2.05, 4.69) is 21.9 Å². The molecule has 4 nitrogen and oxygen atoms in total. The lowest BCUT2D eigenvalue weighted by Crippen LogP contribution is -2.38. The van der Waals surface area contributed by atoms with E-state index in [0.717, 1.165) is 23.8 Å². The fourth-order valence-corrected chi connectivity index (χ4v) is 2.67. The van der Waals surface area contributed by atoms with Crippen molar-refractivity contribution in [1.29, 1.82) is 0 Å². The molecule has 1 aliphatic rings. The zero-order valence-electron chi connectivity index (χ0n) is 11.0. The van der Waals surface area contributed by atoms with Gasteiger partial charge in [-0.1, -0.05) is 6.42 Å². The maximum atomic E-state index is 5.83. The van der Waals surface area contributed by atoms with Gasteiger partial charge in [0.25, 0.3) is 0 Å². The Balaban J connectivity index is 2.18. The van der Waals surface area contributed by atoms with E-state index in [9.17, 15) is 0 Å². The molecule has 2 rings (SSSR count). The highest BCUT2D eigenvalue weighted by Gasteiger charge is 2.30. The Morgan fingerprint density at radius 1 is 1.35 bits per heavy atom. The summed E-state index contributed by atoms with van der Waals surface area (Å²) in [5, 5.41) is 0. The Morgan fingerprint density at radius 3 is 2.76 bits per heavy atom. The van der Waals surface area contributed by atoms with E-state index in [1.54, 1.807) is 0 Å². The van der Waals surface area contributed by atoms with E-state index in [4.69, 9.17) is 5.73 Å². The summed E-state index contributed by atoms with van der Waals surface area (Å²) < 4.78 is 0. The topological polar surface area (TPSA) is 55.0 Å². The fourth-order valence-electron chi connectivity index (χ4n) is 2.67. The first kappa shape index (κ1) is 12.3. The molecule has 94 valence electrons. The molecule has 1 aromatic heterocycles. The summed E-state index contributed by atoms with van der Waals surface area (Å²) in [5.74, 6) is 1.57. The van der Waals surface area contributed by atoms with E-state index in [1.807, 2.05) is 20.0 Å². The van der Waals surface area contributed by atoms with Crippen LogP contribution in [0.1, 0.15) is 30.7 Å². The third-order valence-corrected chi connectivity index (χ3v) is 3.96. The van der Waals surface area contributed by atoms with Crippen molar-refractivity contribution >= 4 is 5.82 Å². The highest BCUT2D eigenvalue weighted by Crippen LogP contribution is 2.30. The number of aromatic nitrogens is 2. The van der Waals surface area contributed by atoms with Crippen LogP contribution in [0.5, 0.6) is 0 Å². The van der Waals surface area contributed by atoms with Gasteiger partial charge in [0.15, 0.2) is 0 Å². The van der Waals surface area contributed by atoms with Crippen molar-refractivity contribution in [3.63, 3.8) is 0 Å². The fraction of sp³-hybridized carbons (Fsp3) is 0.692. The van der Waals surface area contributed by atoms with Crippen LogP contribution < -0.4 is 10.6 Å². The zero-order chi connectivity index (χ0) is 12.4. The first-order chi connectivity index (χ1) is 8.13. The van der Waals surface area contributed by atoms with Crippen molar-refractivity contribution in [2.24, 2.45) is 11.7 Å². The Kier molecular flexibility index (Phi) is 3.62. The zero-order valence-corrected chi connectivity index (χ0v) is 11.0. The molecular weight excluding hydrogens is 212 g/mol. The van der Waals surface area contributed by atoms with Crippen molar-refractivity contribution < 1.29 is 0 Å². The molecule has 1 fully saturated rings. The number of rotatable bonds is 3. The standard InChI is InChI=1S/C13H22N4/c1-9-10(2)16-13(8-15-9)17(3)12-6-4-5-11(12)7-14/h8,11-12H,4-7,14H2,1-3H3. The molecule has 0 radical (unpaired) electrons. The molecule has 2 unspecified atom stereocenters. The van der Waals surface area contributed by atoms with Crippen LogP contribution in [0.2, 0.25) is 0 Å². The van der Waals surface area contributed by atoms with Crippen LogP contribution >= 0.6 is 0 Å². The van der Waals surface area contributed by atoms with Gasteiger partial charge in [0.1, 0.15) is 5.82 Å². The normalized spacial score (nSPS) is 24.0. The number of nitrogens with zero attached hydrogens (tertiary/aromatic N) is 3. The summed E-state index contributed by atoms with van der Waals surface area (Å²) in [6.07, 6.45) is 5.60. The van der Waals surface area contributed by atoms with Crippen LogP contribution in [-0.2, 0) is 0 Å². The van der Waals surface area contributed by atoms with Crippen LogP contribution in [0.25, 0.3) is 0 Å². The summed E-state index contributed by atoms with van der Waals surface area (Å²) in [5.41, 5.74) is 7.85. The predicted octanol–water partition coefficient (Wildman–Crippen LogP) is 1.66. The summed E-state index contributed by atoms with van der Waals surface area (Å²) >= 11 is 0. The van der Waals surface area contributed by atoms with E-state index in [0.29, 0.717) is 12.0 Å². The summed E-state index contributed by atoms with van der Waals surface area (Å²) in [4.78, 5) is 11.2. The third-order valence-electron chi connectivity index (χ3n) is 3.96. The van der Waals surface area contributed by atoms with Crippen LogP contribution in [0.15, 0.2) is 6.20 Å². The lowest BCUT2D eigenvalue weighted by atomic mass is 10.0. The van der Waals surface area contributed by atoms with E-state index in [-0.39, 0.29) is 0 Å². The van der Waals surface area contributed by atoms with Gasteiger partial charge in [-0.25, -0.2) is 4.98 Å². The maximum Gasteiger partial charge on any atom is 0.147 e. The van der Waals surface area contributed by atoms with Gasteiger partial charge in [-0.15, -0.1) is 0 Å². The van der Waals surface area contributed by atoms with Gasteiger partial charge in [0, 0.05) is 13.1 Å². The average molecular weight is 234 g/mol. The van der Waals surface area contributed by atoms with Crippen molar-refractivity contribution in [2.45, 2.75) is 39.2 Å². The molecule has 1 aliphatic carbocycles. The van der Waals surface area contributed by atoms with Crippen LogP contribution in [0, 0.1) is 19.8 Å². The second-order valence-electron chi connectivity index (χ2n) is 5.00. The number of aryl methyl sites for hydroxylation is 2. The highest BCUT2D eigenvalue weighted by molar-refractivity contribution is 5.38. The van der Waals surface area contributed by atoms with Crippen LogP contribution in [0.3, 0.4) is 0 Å². The molecule has 1 aromatic rings. The Hall–Kier alpha value is -1.16. The molecule has 0 bridgehead atoms. The Morgan fingerprint density at radius 2 is 2.12 bits per heavy atom. The molecule has 1 saturated carbocycles. The Bertz CT molecular complexity index is 391. The number of hydrogen-bond donors (Lipinski definition) is 1. The minimum atomic E-state index is 0.524. The SMILES string of the molecule is Cc1ncc(N(C)C2CCCC2CN)nc1C. The van der Waals surface area contributed by atoms with Gasteiger partial charge >= 0.3 is 0 Å². The van der Waals surface area contributed by atoms with Crippen molar-refractivity contribution in [1.82, 2.24) is 9.97 Å². The lowest BCUT2D eigenvalue weighted by Gasteiger charge is -2.30. The first-order valence-corrected chi connectivity index (χ1v) is 6.36. The molecule has 1 heterocycles. The van der Waals surface area contributed by atoms with Crippen molar-refractivity contribution in [2.75, 3.05) is 18.5 Å². The maximum absolute atomic E-state index is 5.83. The number of anilines is 1. The molecular formula is C13H22N4. The summed E-state index contributed by atoms with van der Waals surface area (Å²) in [7, 11) is 2.11. The van der Waals surface area contributed by atoms with Crippen molar-refractivity contribution in [3.05, 3.63) is 17.6 Å². The second-order valence-corrected chi connectivity index (χ2v) is 5.00. The van der Waals surface area contributed by atoms with Gasteiger partial charge in [-0.2, -0.15) is 0 Å². The minimum absolute atomic E-state index is 0.524. The van der Waals surface area contributed by atoms with Gasteiger partial charge in [0.05, 0.1) is 17.6 Å². The molecule has 0 saturated heterocycles. The van der Waals surface area contributed by atoms with Gasteiger partial charge in [-0.3, -0.25) is 4.98 Å². The molecule has 2 atom stereocenters. The molecule has 0 aliphatic heterocycles. The largest absolute Gasteiger partial charge is 0.355 e. The summed E-state index contributed by atoms with van der Waals surface area (Å²) in [6, 6.07) is 0.524. The van der Waals surface area contributed by atoms with Crippen LogP contribution in [-0.4, -0.2) is 29.6 Å². The highest BCUT2D eigenvalue weighted by atomic mass is 15.2. The number of hydrogen-bond acceptors (Lipinski definition) is 4. The van der Waals surface area contributed by atoms with Crippen LogP contribution in [0.4, 0.5) is 5.82 Å². The van der Waals surface area contributed by atoms with Gasteiger partial charge in [-0.05, 0) is 39.2 Å². The molecule has 0 amide bonds. The smallest absolute Gasteiger partial charge is 0.147 e. The minimum Gasteiger partial charge on any atom is -0.355 e. The first-order valence-electron chi connectivity index (χ1n) is 6.36. The van der Waals surface area contributed by atoms with Gasteiger partial charge in [0.2, 0.25) is 0 Å². The average Bonchev–Trinajstić information content (AvgIpc) is 2.80. The number of nitrogens with two attached hydrogens (primary N) is 1. The second kappa shape index (κ2) is 5.00. The third kappa shape index (κ3) is 2.41. The molecule has 17 heavy (non-hydrogen) atoms. The predicted molar refractivity (Wildman–Crippen MR) is 70.1 cm³/mol. The van der Waals surface area contributed by atoms with Gasteiger partial charge < -0.3 is 10.6 Å². The molecule has 0 aromatic carbocycles.